The number of benzene rings is 6. The third-order valence-corrected chi connectivity index (χ3v) is 15.8. The zero-order valence-corrected chi connectivity index (χ0v) is 33.6. The molecule has 0 saturated carbocycles. The van der Waals surface area contributed by atoms with Gasteiger partial charge in [-0.25, -0.2) is 0 Å². The molecule has 5 aliphatic rings. The van der Waals surface area contributed by atoms with Crippen LogP contribution in [0.25, 0.3) is 66.0 Å². The summed E-state index contributed by atoms with van der Waals surface area (Å²) in [6.45, 7) is 19.7. The molecule has 2 heteroatoms. The first-order valence-electron chi connectivity index (χ1n) is 20.7. The third kappa shape index (κ3) is 3.27. The normalized spacial score (nSPS) is 22.0. The second-order valence-electron chi connectivity index (χ2n) is 19.7. The van der Waals surface area contributed by atoms with Gasteiger partial charge in [-0.1, -0.05) is 177 Å². The van der Waals surface area contributed by atoms with Crippen LogP contribution < -0.4 is 0 Å². The van der Waals surface area contributed by atoms with Gasteiger partial charge < -0.3 is 9.13 Å². The van der Waals surface area contributed by atoms with Crippen LogP contribution in [0, 0.1) is 5.92 Å². The molecule has 6 aromatic carbocycles. The molecular formula is C54H46N2. The van der Waals surface area contributed by atoms with Gasteiger partial charge >= 0.3 is 0 Å². The molecular weight excluding hydrogens is 677 g/mol. The maximum Gasteiger partial charge on any atom is 0.0640 e. The molecule has 0 saturated heterocycles. The molecule has 13 rings (SSSR count). The van der Waals surface area contributed by atoms with Crippen LogP contribution in [-0.2, 0) is 21.7 Å². The number of hydrogen-bond acceptors (Lipinski definition) is 0. The first-order chi connectivity index (χ1) is 26.8. The van der Waals surface area contributed by atoms with Crippen molar-refractivity contribution >= 4 is 49.2 Å². The van der Waals surface area contributed by atoms with Crippen LogP contribution in [0.15, 0.2) is 127 Å². The fraction of sp³-hybridized carbons (Fsp3) is 0.259. The monoisotopic (exact) mass is 722 g/mol. The van der Waals surface area contributed by atoms with Crippen LogP contribution in [0.4, 0.5) is 0 Å². The average molecular weight is 723 g/mol. The van der Waals surface area contributed by atoms with Gasteiger partial charge in [-0.2, -0.15) is 0 Å². The highest BCUT2D eigenvalue weighted by atomic mass is 15.1. The lowest BCUT2D eigenvalue weighted by atomic mass is 9.58. The van der Waals surface area contributed by atoms with Gasteiger partial charge in [-0.05, 0) is 61.2 Å². The van der Waals surface area contributed by atoms with Gasteiger partial charge in [0.05, 0.1) is 33.8 Å². The number of hydrogen-bond donors (Lipinski definition) is 0. The number of rotatable bonds is 2. The lowest BCUT2D eigenvalue weighted by Crippen LogP contribution is -2.46. The topological polar surface area (TPSA) is 9.86 Å². The molecule has 6 heterocycles. The fourth-order valence-corrected chi connectivity index (χ4v) is 13.1. The quantitative estimate of drug-likeness (QED) is 0.168. The number of allylic oxidation sites excluding steroid dienone is 4. The molecule has 0 spiro atoms. The minimum atomic E-state index is -0.181. The minimum absolute atomic E-state index is 0.00444. The minimum Gasteiger partial charge on any atom is -0.332 e. The first kappa shape index (κ1) is 31.6. The van der Waals surface area contributed by atoms with Crippen molar-refractivity contribution in [1.82, 2.24) is 9.13 Å². The predicted molar refractivity (Wildman–Crippen MR) is 235 cm³/mol. The van der Waals surface area contributed by atoms with Crippen LogP contribution in [-0.4, -0.2) is 9.13 Å². The molecule has 1 aliphatic carbocycles. The van der Waals surface area contributed by atoms with Crippen LogP contribution in [0.3, 0.4) is 0 Å². The Morgan fingerprint density at radius 1 is 0.464 bits per heavy atom. The zero-order chi connectivity index (χ0) is 38.0. The van der Waals surface area contributed by atoms with E-state index in [1.807, 2.05) is 0 Å². The lowest BCUT2D eigenvalue weighted by molar-refractivity contribution is 0.262. The van der Waals surface area contributed by atoms with Crippen molar-refractivity contribution in [2.24, 2.45) is 5.92 Å². The number of para-hydroxylation sites is 4. The van der Waals surface area contributed by atoms with Crippen molar-refractivity contribution < 1.29 is 0 Å². The van der Waals surface area contributed by atoms with Gasteiger partial charge in [0.25, 0.3) is 0 Å². The maximum atomic E-state index is 2.76. The van der Waals surface area contributed by atoms with Crippen molar-refractivity contribution in [2.45, 2.75) is 83.1 Å². The van der Waals surface area contributed by atoms with Crippen LogP contribution in [0.2, 0.25) is 0 Å². The highest BCUT2D eigenvalue weighted by molar-refractivity contribution is 6.15. The molecule has 2 atom stereocenters. The summed E-state index contributed by atoms with van der Waals surface area (Å²) in [5, 5.41) is 5.54. The summed E-state index contributed by atoms with van der Waals surface area (Å²) in [5.41, 5.74) is 22.1. The number of fused-ring (bicyclic) bond motifs is 2. The Kier molecular flexibility index (Phi) is 5.36. The van der Waals surface area contributed by atoms with Gasteiger partial charge in [-0.3, -0.25) is 0 Å². The van der Waals surface area contributed by atoms with E-state index in [4.69, 9.17) is 0 Å². The van der Waals surface area contributed by atoms with Crippen LogP contribution >= 0.6 is 0 Å². The highest BCUT2D eigenvalue weighted by Crippen LogP contribution is 2.63. The smallest absolute Gasteiger partial charge is 0.0640 e. The van der Waals surface area contributed by atoms with Crippen LogP contribution in [0.5, 0.6) is 0 Å². The molecule has 0 amide bonds. The standard InChI is InChI=1S/C54H46N2/c1-51(2)37-17-9-13-33-35-15-11-19-39-47(35)55(45(33)37)49-41(51)27-25-31(43(49)53(39,5)6)29-21-23-30(24-22-29)32-26-28-42-50-44(32)54(7,8)40-20-12-16-36-34-14-10-18-38(52(42,3)4)46(34)56(50)48(36)40/h9-28,41,49H,1-8H3. The molecule has 56 heavy (non-hydrogen) atoms. The Balaban J connectivity index is 1.03. The predicted octanol–water partition coefficient (Wildman–Crippen LogP) is 13.6. The zero-order valence-electron chi connectivity index (χ0n) is 33.6. The van der Waals surface area contributed by atoms with Gasteiger partial charge in [0.15, 0.2) is 0 Å². The Labute approximate surface area is 328 Å². The van der Waals surface area contributed by atoms with Crippen LogP contribution in [0.1, 0.15) is 100 Å². The van der Waals surface area contributed by atoms with Crippen molar-refractivity contribution in [2.75, 3.05) is 0 Å². The largest absolute Gasteiger partial charge is 0.332 e. The second-order valence-corrected chi connectivity index (χ2v) is 19.7. The third-order valence-electron chi connectivity index (χ3n) is 15.8. The Morgan fingerprint density at radius 2 is 0.982 bits per heavy atom. The summed E-state index contributed by atoms with van der Waals surface area (Å²) in [6.07, 6.45) is 5.04. The van der Waals surface area contributed by atoms with E-state index in [2.05, 4.69) is 186 Å². The first-order valence-corrected chi connectivity index (χ1v) is 20.7. The number of nitrogens with zero attached hydrogens (tertiary/aromatic N) is 2. The Morgan fingerprint density at radius 3 is 1.61 bits per heavy atom. The maximum absolute atomic E-state index is 2.76. The van der Waals surface area contributed by atoms with E-state index in [0.29, 0.717) is 5.92 Å². The van der Waals surface area contributed by atoms with Gasteiger partial charge in [0.2, 0.25) is 0 Å². The molecule has 4 aliphatic heterocycles. The average Bonchev–Trinajstić information content (AvgIpc) is 3.72. The van der Waals surface area contributed by atoms with Crippen molar-refractivity contribution in [1.29, 1.82) is 0 Å². The lowest BCUT2D eigenvalue weighted by Gasteiger charge is -2.53. The molecule has 0 fully saturated rings. The summed E-state index contributed by atoms with van der Waals surface area (Å²) in [6, 6.07) is 42.8. The summed E-state index contributed by atoms with van der Waals surface area (Å²) < 4.78 is 5.41. The van der Waals surface area contributed by atoms with Gasteiger partial charge in [0.1, 0.15) is 0 Å². The molecule has 2 aromatic heterocycles. The molecule has 0 radical (unpaired) electrons. The van der Waals surface area contributed by atoms with Crippen molar-refractivity contribution in [3.63, 3.8) is 0 Å². The van der Waals surface area contributed by atoms with E-state index in [0.717, 1.165) is 0 Å². The molecule has 2 unspecified atom stereocenters. The van der Waals surface area contributed by atoms with E-state index in [1.165, 1.54) is 105 Å². The Hall–Kier alpha value is -5.60. The number of aromatic nitrogens is 2. The van der Waals surface area contributed by atoms with Gasteiger partial charge in [-0.15, -0.1) is 0 Å². The SMILES string of the molecule is CC1(C)C2=C(c3ccc(-c4ccc5c6c4C(C)(C)c4cccc7c8cccc(c8n-6c47)C5(C)C)cc3)C=CC3C2n2c4c1cccc4c1cccc(c12)C3(C)C. The van der Waals surface area contributed by atoms with Crippen molar-refractivity contribution in [3.05, 3.63) is 166 Å². The summed E-state index contributed by atoms with van der Waals surface area (Å²) in [7, 11) is 0. The molecule has 8 aromatic rings. The van der Waals surface area contributed by atoms with Crippen molar-refractivity contribution in [3.8, 4) is 16.8 Å². The van der Waals surface area contributed by atoms with E-state index in [9.17, 15) is 0 Å². The second kappa shape index (κ2) is 9.49. The molecule has 272 valence electrons. The molecule has 0 N–H and O–H groups in total. The summed E-state index contributed by atoms with van der Waals surface area (Å²) in [4.78, 5) is 0. The molecule has 2 nitrogen and oxygen atoms in total. The van der Waals surface area contributed by atoms with E-state index in [-0.39, 0.29) is 27.7 Å². The van der Waals surface area contributed by atoms with E-state index in [1.54, 1.807) is 5.57 Å². The summed E-state index contributed by atoms with van der Waals surface area (Å²) in [5.74, 6) is 0.372. The van der Waals surface area contributed by atoms with E-state index < -0.39 is 0 Å². The molecule has 0 bridgehead atoms. The fourth-order valence-electron chi connectivity index (χ4n) is 13.1. The Bertz CT molecular complexity index is 3190. The highest BCUT2D eigenvalue weighted by Gasteiger charge is 2.53. The summed E-state index contributed by atoms with van der Waals surface area (Å²) >= 11 is 0. The van der Waals surface area contributed by atoms with E-state index >= 15 is 0 Å². The van der Waals surface area contributed by atoms with Gasteiger partial charge in [0, 0.05) is 49.1 Å².